The Hall–Kier alpha value is -0.120. The van der Waals surface area contributed by atoms with Crippen molar-refractivity contribution in [1.29, 1.82) is 0 Å². The van der Waals surface area contributed by atoms with Crippen molar-refractivity contribution in [2.75, 3.05) is 26.7 Å². The van der Waals surface area contributed by atoms with E-state index in [0.29, 0.717) is 0 Å². The second-order valence-corrected chi connectivity index (χ2v) is 7.79. The summed E-state index contributed by atoms with van der Waals surface area (Å²) in [5, 5.41) is 3.97. The molecule has 0 radical (unpaired) electrons. The van der Waals surface area contributed by atoms with Gasteiger partial charge in [-0.25, -0.2) is 0 Å². The standard InChI is InChI=1S/C17H31N3/c1-19-14-5-6-15(19)11-13(10-14)12-18-16-7-9-20-8-3-2-4-17(16)20/h13-18H,2-12H2,1H3. The molecule has 3 heteroatoms. The first kappa shape index (κ1) is 13.5. The third-order valence-corrected chi connectivity index (χ3v) is 6.72. The molecule has 1 N–H and O–H groups in total. The van der Waals surface area contributed by atoms with Crippen molar-refractivity contribution in [2.24, 2.45) is 5.92 Å². The van der Waals surface area contributed by atoms with Gasteiger partial charge in [-0.15, -0.1) is 0 Å². The lowest BCUT2D eigenvalue weighted by Gasteiger charge is -2.38. The van der Waals surface area contributed by atoms with E-state index in [1.165, 1.54) is 71.0 Å². The van der Waals surface area contributed by atoms with E-state index in [1.807, 2.05) is 0 Å². The van der Waals surface area contributed by atoms with Crippen LogP contribution in [0.2, 0.25) is 0 Å². The van der Waals surface area contributed by atoms with Gasteiger partial charge in [0.2, 0.25) is 0 Å². The first-order valence-electron chi connectivity index (χ1n) is 9.00. The van der Waals surface area contributed by atoms with Crippen LogP contribution < -0.4 is 5.32 Å². The Morgan fingerprint density at radius 1 is 0.950 bits per heavy atom. The van der Waals surface area contributed by atoms with Crippen LogP contribution in [0.5, 0.6) is 0 Å². The van der Waals surface area contributed by atoms with Crippen LogP contribution in [0.3, 0.4) is 0 Å². The second-order valence-electron chi connectivity index (χ2n) is 7.79. The molecule has 0 aromatic carbocycles. The lowest BCUT2D eigenvalue weighted by atomic mass is 9.90. The summed E-state index contributed by atoms with van der Waals surface area (Å²) in [6.07, 6.45) is 11.5. The summed E-state index contributed by atoms with van der Waals surface area (Å²) >= 11 is 0. The fourth-order valence-corrected chi connectivity index (χ4v) is 5.49. The van der Waals surface area contributed by atoms with Gasteiger partial charge >= 0.3 is 0 Å². The van der Waals surface area contributed by atoms with Gasteiger partial charge in [-0.3, -0.25) is 4.90 Å². The predicted octanol–water partition coefficient (Wildman–Crippen LogP) is 2.08. The van der Waals surface area contributed by atoms with Crippen LogP contribution in [0.1, 0.15) is 51.4 Å². The van der Waals surface area contributed by atoms with Crippen LogP contribution in [-0.4, -0.2) is 60.6 Å². The molecular weight excluding hydrogens is 246 g/mol. The minimum Gasteiger partial charge on any atom is -0.312 e. The zero-order valence-electron chi connectivity index (χ0n) is 13.1. The molecule has 0 saturated carbocycles. The van der Waals surface area contributed by atoms with Gasteiger partial charge in [-0.1, -0.05) is 6.42 Å². The van der Waals surface area contributed by atoms with E-state index in [4.69, 9.17) is 0 Å². The van der Waals surface area contributed by atoms with Crippen molar-refractivity contribution in [2.45, 2.75) is 75.5 Å². The van der Waals surface area contributed by atoms with Gasteiger partial charge in [0, 0.05) is 30.7 Å². The molecule has 0 aromatic heterocycles. The first-order valence-corrected chi connectivity index (χ1v) is 9.00. The normalized spacial score (nSPS) is 45.8. The molecule has 4 aliphatic heterocycles. The maximum absolute atomic E-state index is 3.97. The molecule has 4 unspecified atom stereocenters. The van der Waals surface area contributed by atoms with Gasteiger partial charge < -0.3 is 10.2 Å². The number of piperidine rings is 2. The molecule has 4 aliphatic rings. The third-order valence-electron chi connectivity index (χ3n) is 6.72. The lowest BCUT2D eigenvalue weighted by molar-refractivity contribution is 0.127. The summed E-state index contributed by atoms with van der Waals surface area (Å²) in [5.41, 5.74) is 0. The molecule has 4 heterocycles. The molecule has 4 fully saturated rings. The minimum absolute atomic E-state index is 0.799. The van der Waals surface area contributed by atoms with E-state index in [1.54, 1.807) is 0 Å². The summed E-state index contributed by atoms with van der Waals surface area (Å²) in [4.78, 5) is 5.41. The summed E-state index contributed by atoms with van der Waals surface area (Å²) < 4.78 is 0. The zero-order chi connectivity index (χ0) is 13.5. The maximum atomic E-state index is 3.97. The maximum Gasteiger partial charge on any atom is 0.0249 e. The van der Waals surface area contributed by atoms with E-state index >= 15 is 0 Å². The molecule has 0 spiro atoms. The molecule has 4 atom stereocenters. The fraction of sp³-hybridized carbons (Fsp3) is 1.00. The van der Waals surface area contributed by atoms with Gasteiger partial charge in [0.15, 0.2) is 0 Å². The average molecular weight is 277 g/mol. The van der Waals surface area contributed by atoms with Gasteiger partial charge in [-0.2, -0.15) is 0 Å². The van der Waals surface area contributed by atoms with E-state index in [9.17, 15) is 0 Å². The van der Waals surface area contributed by atoms with Crippen LogP contribution in [-0.2, 0) is 0 Å². The van der Waals surface area contributed by atoms with Crippen molar-refractivity contribution in [3.63, 3.8) is 0 Å². The van der Waals surface area contributed by atoms with Crippen LogP contribution >= 0.6 is 0 Å². The number of rotatable bonds is 3. The monoisotopic (exact) mass is 277 g/mol. The first-order chi connectivity index (χ1) is 9.81. The Labute approximate surface area is 124 Å². The second kappa shape index (κ2) is 5.58. The number of hydrogen-bond acceptors (Lipinski definition) is 3. The molecule has 3 nitrogen and oxygen atoms in total. The summed E-state index contributed by atoms with van der Waals surface area (Å²) in [7, 11) is 2.35. The third kappa shape index (κ3) is 2.42. The Morgan fingerprint density at radius 3 is 2.55 bits per heavy atom. The topological polar surface area (TPSA) is 18.5 Å². The van der Waals surface area contributed by atoms with Crippen molar-refractivity contribution in [3.8, 4) is 0 Å². The van der Waals surface area contributed by atoms with Crippen LogP contribution in [0.25, 0.3) is 0 Å². The molecule has 20 heavy (non-hydrogen) atoms. The Kier molecular flexibility index (Phi) is 3.78. The number of nitrogens with one attached hydrogen (secondary N) is 1. The number of fused-ring (bicyclic) bond motifs is 3. The molecule has 114 valence electrons. The predicted molar refractivity (Wildman–Crippen MR) is 82.9 cm³/mol. The lowest BCUT2D eigenvalue weighted by Crippen LogP contribution is -2.48. The van der Waals surface area contributed by atoms with Crippen molar-refractivity contribution < 1.29 is 0 Å². The highest BCUT2D eigenvalue weighted by Gasteiger charge is 2.39. The van der Waals surface area contributed by atoms with Gasteiger partial charge in [-0.05, 0) is 71.0 Å². The van der Waals surface area contributed by atoms with Crippen LogP contribution in [0.15, 0.2) is 0 Å². The molecule has 0 aromatic rings. The molecule has 4 rings (SSSR count). The molecule has 0 aliphatic carbocycles. The van der Waals surface area contributed by atoms with E-state index in [0.717, 1.165) is 30.1 Å². The van der Waals surface area contributed by atoms with Crippen molar-refractivity contribution in [3.05, 3.63) is 0 Å². The molecule has 4 saturated heterocycles. The van der Waals surface area contributed by atoms with Gasteiger partial charge in [0.25, 0.3) is 0 Å². The quantitative estimate of drug-likeness (QED) is 0.852. The van der Waals surface area contributed by atoms with Gasteiger partial charge in [0.1, 0.15) is 0 Å². The molecule has 0 amide bonds. The van der Waals surface area contributed by atoms with Crippen molar-refractivity contribution in [1.82, 2.24) is 15.1 Å². The summed E-state index contributed by atoms with van der Waals surface area (Å²) in [5.74, 6) is 0.946. The van der Waals surface area contributed by atoms with E-state index in [2.05, 4.69) is 22.2 Å². The van der Waals surface area contributed by atoms with Crippen LogP contribution in [0.4, 0.5) is 0 Å². The zero-order valence-corrected chi connectivity index (χ0v) is 13.1. The molecule has 2 bridgehead atoms. The highest BCUT2D eigenvalue weighted by Crippen LogP contribution is 2.37. The smallest absolute Gasteiger partial charge is 0.0249 e. The minimum atomic E-state index is 0.799. The van der Waals surface area contributed by atoms with Crippen LogP contribution in [0, 0.1) is 5.92 Å². The number of nitrogens with zero attached hydrogens (tertiary/aromatic N) is 2. The highest BCUT2D eigenvalue weighted by molar-refractivity contribution is 4.97. The SMILES string of the molecule is CN1C2CCC1CC(CNC1CCN3CCCCC13)C2. The van der Waals surface area contributed by atoms with E-state index in [-0.39, 0.29) is 0 Å². The summed E-state index contributed by atoms with van der Waals surface area (Å²) in [6.45, 7) is 4.00. The largest absolute Gasteiger partial charge is 0.312 e. The highest BCUT2D eigenvalue weighted by atomic mass is 15.2. The Bertz CT molecular complexity index is 331. The fourth-order valence-electron chi connectivity index (χ4n) is 5.49. The molecular formula is C17H31N3. The van der Waals surface area contributed by atoms with Crippen molar-refractivity contribution >= 4 is 0 Å². The Balaban J connectivity index is 1.29. The van der Waals surface area contributed by atoms with Gasteiger partial charge in [0.05, 0.1) is 0 Å². The average Bonchev–Trinajstić information content (AvgIpc) is 2.95. The Morgan fingerprint density at radius 2 is 1.75 bits per heavy atom. The summed E-state index contributed by atoms with van der Waals surface area (Å²) in [6, 6.07) is 3.46. The van der Waals surface area contributed by atoms with E-state index < -0.39 is 0 Å². The number of hydrogen-bond donors (Lipinski definition) is 1.